The van der Waals surface area contributed by atoms with Gasteiger partial charge in [0.1, 0.15) is 56.4 Å². The minimum Gasteiger partial charge on any atom is -0.507 e. The van der Waals surface area contributed by atoms with Crippen molar-refractivity contribution >= 4 is 51.1 Å². The molecule has 2 heterocycles. The molecule has 0 aliphatic rings. The molecule has 0 radical (unpaired) electrons. The summed E-state index contributed by atoms with van der Waals surface area (Å²) in [5.74, 6) is -2.72. The van der Waals surface area contributed by atoms with E-state index in [1.54, 1.807) is 36.4 Å². The predicted molar refractivity (Wildman–Crippen MR) is 138 cm³/mol. The van der Waals surface area contributed by atoms with Gasteiger partial charge in [0.05, 0.1) is 11.1 Å². The number of ketones is 1. The van der Waals surface area contributed by atoms with Crippen LogP contribution in [0.4, 0.5) is 0 Å². The van der Waals surface area contributed by atoms with Crippen LogP contribution >= 0.6 is 23.2 Å². The Kier molecular flexibility index (Phi) is 5.33. The third kappa shape index (κ3) is 3.90. The van der Waals surface area contributed by atoms with Gasteiger partial charge >= 0.3 is 0 Å². The lowest BCUT2D eigenvalue weighted by atomic mass is 9.99. The van der Waals surface area contributed by atoms with Gasteiger partial charge in [-0.1, -0.05) is 23.2 Å². The zero-order valence-electron chi connectivity index (χ0n) is 18.9. The fourth-order valence-corrected chi connectivity index (χ4v) is 4.28. The highest BCUT2D eigenvalue weighted by Gasteiger charge is 2.24. The number of phenolic OH excluding ortho intramolecular Hbond substituents is 4. The van der Waals surface area contributed by atoms with Crippen molar-refractivity contribution in [3.63, 3.8) is 0 Å². The number of aromatic nitrogens is 6. The lowest BCUT2D eigenvalue weighted by Crippen LogP contribution is -2.08. The first-order valence-corrected chi connectivity index (χ1v) is 11.7. The SMILES string of the molecule is O=C(c1cc(-n2nc3ccc(Cl)cc3n2)c(O)cc1O)c1cc(-n2nc3ccc(Cl)cc3n2)c(O)cc1O. The van der Waals surface area contributed by atoms with E-state index in [-0.39, 0.29) is 22.5 Å². The van der Waals surface area contributed by atoms with E-state index in [4.69, 9.17) is 23.2 Å². The standard InChI is InChI=1S/C25H14Cl2N6O5/c26-11-1-3-15-17(5-11)30-32(28-15)19-7-13(21(34)9-23(19)36)25(38)14-8-20(24(37)10-22(14)35)33-29-16-4-2-12(27)6-18(16)31-33/h1-10,34-37H. The van der Waals surface area contributed by atoms with Crippen LogP contribution < -0.4 is 0 Å². The van der Waals surface area contributed by atoms with Crippen LogP contribution in [-0.2, 0) is 0 Å². The average Bonchev–Trinajstić information content (AvgIpc) is 3.47. The van der Waals surface area contributed by atoms with E-state index in [1.807, 2.05) is 0 Å². The first-order chi connectivity index (χ1) is 18.2. The third-order valence-electron chi connectivity index (χ3n) is 5.79. The second-order valence-corrected chi connectivity index (χ2v) is 9.16. The highest BCUT2D eigenvalue weighted by Crippen LogP contribution is 2.36. The van der Waals surface area contributed by atoms with Crippen LogP contribution in [0, 0.1) is 0 Å². The summed E-state index contributed by atoms with van der Waals surface area (Å²) in [5, 5.41) is 59.9. The van der Waals surface area contributed by atoms with E-state index >= 15 is 0 Å². The number of hydrogen-bond donors (Lipinski definition) is 4. The van der Waals surface area contributed by atoms with Crippen LogP contribution in [0.3, 0.4) is 0 Å². The Labute approximate surface area is 222 Å². The molecular formula is C25H14Cl2N6O5. The highest BCUT2D eigenvalue weighted by atomic mass is 35.5. The third-order valence-corrected chi connectivity index (χ3v) is 6.26. The predicted octanol–water partition coefficient (Wildman–Crippen LogP) is 4.51. The highest BCUT2D eigenvalue weighted by molar-refractivity contribution is 6.31. The quantitative estimate of drug-likeness (QED) is 0.232. The van der Waals surface area contributed by atoms with Crippen molar-refractivity contribution in [1.82, 2.24) is 30.0 Å². The summed E-state index contributed by atoms with van der Waals surface area (Å²) >= 11 is 12.0. The molecule has 0 aliphatic heterocycles. The zero-order valence-corrected chi connectivity index (χ0v) is 20.4. The van der Waals surface area contributed by atoms with Crippen molar-refractivity contribution in [3.05, 3.63) is 81.8 Å². The fraction of sp³-hybridized carbons (Fsp3) is 0. The number of carbonyl (C=O) groups excluding carboxylic acids is 1. The lowest BCUT2D eigenvalue weighted by molar-refractivity contribution is 0.103. The molecule has 6 rings (SSSR count). The summed E-state index contributed by atoms with van der Waals surface area (Å²) in [6.45, 7) is 0. The number of nitrogens with zero attached hydrogens (tertiary/aromatic N) is 6. The van der Waals surface area contributed by atoms with E-state index in [0.29, 0.717) is 32.1 Å². The zero-order chi connectivity index (χ0) is 26.7. The Morgan fingerprint density at radius 3 is 1.37 bits per heavy atom. The van der Waals surface area contributed by atoms with Crippen LogP contribution in [0.2, 0.25) is 10.0 Å². The monoisotopic (exact) mass is 548 g/mol. The van der Waals surface area contributed by atoms with Gasteiger partial charge in [0.15, 0.2) is 0 Å². The molecule has 0 saturated heterocycles. The molecule has 2 aromatic heterocycles. The molecule has 188 valence electrons. The van der Waals surface area contributed by atoms with Crippen molar-refractivity contribution in [3.8, 4) is 34.4 Å². The fourth-order valence-electron chi connectivity index (χ4n) is 3.95. The number of benzene rings is 4. The Balaban J connectivity index is 1.45. The molecule has 0 amide bonds. The van der Waals surface area contributed by atoms with Crippen molar-refractivity contribution in [1.29, 1.82) is 0 Å². The summed E-state index contributed by atoms with van der Waals surface area (Å²) in [7, 11) is 0. The molecule has 4 aromatic carbocycles. The van der Waals surface area contributed by atoms with Gasteiger partial charge in [0, 0.05) is 22.2 Å². The normalized spacial score (nSPS) is 11.4. The second kappa shape index (κ2) is 8.61. The van der Waals surface area contributed by atoms with Gasteiger partial charge in [-0.05, 0) is 48.5 Å². The van der Waals surface area contributed by atoms with Gasteiger partial charge in [0.25, 0.3) is 0 Å². The molecule has 13 heteroatoms. The average molecular weight is 549 g/mol. The molecule has 0 atom stereocenters. The molecule has 0 aliphatic carbocycles. The number of hydrogen-bond acceptors (Lipinski definition) is 9. The van der Waals surface area contributed by atoms with E-state index in [1.165, 1.54) is 12.1 Å². The molecule has 0 saturated carbocycles. The van der Waals surface area contributed by atoms with Gasteiger partial charge in [-0.25, -0.2) is 0 Å². The largest absolute Gasteiger partial charge is 0.507 e. The van der Waals surface area contributed by atoms with Crippen molar-refractivity contribution in [2.45, 2.75) is 0 Å². The summed E-state index contributed by atoms with van der Waals surface area (Å²) in [4.78, 5) is 15.7. The van der Waals surface area contributed by atoms with Gasteiger partial charge < -0.3 is 20.4 Å². The molecule has 38 heavy (non-hydrogen) atoms. The lowest BCUT2D eigenvalue weighted by Gasteiger charge is -2.11. The van der Waals surface area contributed by atoms with Crippen LogP contribution in [0.1, 0.15) is 15.9 Å². The Morgan fingerprint density at radius 1 is 0.553 bits per heavy atom. The Bertz CT molecular complexity index is 1800. The number of halogens is 2. The van der Waals surface area contributed by atoms with Gasteiger partial charge in [-0.15, -0.1) is 30.0 Å². The van der Waals surface area contributed by atoms with E-state index in [9.17, 15) is 25.2 Å². The number of aromatic hydroxyl groups is 4. The number of phenols is 4. The minimum atomic E-state index is -0.818. The molecule has 4 N–H and O–H groups in total. The Morgan fingerprint density at radius 2 is 0.947 bits per heavy atom. The number of carbonyl (C=O) groups is 1. The van der Waals surface area contributed by atoms with Crippen molar-refractivity contribution in [2.24, 2.45) is 0 Å². The second-order valence-electron chi connectivity index (χ2n) is 8.29. The number of fused-ring (bicyclic) bond motifs is 2. The molecule has 6 aromatic rings. The maximum atomic E-state index is 13.5. The first kappa shape index (κ1) is 23.5. The van der Waals surface area contributed by atoms with Gasteiger partial charge in [0.2, 0.25) is 5.78 Å². The van der Waals surface area contributed by atoms with E-state index in [0.717, 1.165) is 21.7 Å². The van der Waals surface area contributed by atoms with Crippen LogP contribution in [0.5, 0.6) is 23.0 Å². The summed E-state index contributed by atoms with van der Waals surface area (Å²) in [6, 6.07) is 14.0. The first-order valence-electron chi connectivity index (χ1n) is 10.9. The molecular weight excluding hydrogens is 535 g/mol. The van der Waals surface area contributed by atoms with E-state index in [2.05, 4.69) is 20.4 Å². The topological polar surface area (TPSA) is 159 Å². The molecule has 0 unspecified atom stereocenters. The van der Waals surface area contributed by atoms with Crippen LogP contribution in [0.15, 0.2) is 60.7 Å². The molecule has 0 fully saturated rings. The van der Waals surface area contributed by atoms with Gasteiger partial charge in [-0.2, -0.15) is 0 Å². The number of rotatable bonds is 4. The Hall–Kier alpha value is -4.87. The van der Waals surface area contributed by atoms with Gasteiger partial charge in [-0.3, -0.25) is 4.79 Å². The minimum absolute atomic E-state index is 0.00571. The maximum Gasteiger partial charge on any atom is 0.200 e. The molecule has 11 nitrogen and oxygen atoms in total. The van der Waals surface area contributed by atoms with Crippen LogP contribution in [-0.4, -0.2) is 56.2 Å². The summed E-state index contributed by atoms with van der Waals surface area (Å²) in [6.07, 6.45) is 0. The molecule has 0 spiro atoms. The smallest absolute Gasteiger partial charge is 0.200 e. The van der Waals surface area contributed by atoms with Crippen molar-refractivity contribution < 1.29 is 25.2 Å². The summed E-state index contributed by atoms with van der Waals surface area (Å²) in [5.41, 5.74) is 1.30. The van der Waals surface area contributed by atoms with Crippen molar-refractivity contribution in [2.75, 3.05) is 0 Å². The maximum absolute atomic E-state index is 13.5. The summed E-state index contributed by atoms with van der Waals surface area (Å²) < 4.78 is 0. The van der Waals surface area contributed by atoms with Crippen LogP contribution in [0.25, 0.3) is 33.4 Å². The molecule has 0 bridgehead atoms. The van der Waals surface area contributed by atoms with E-state index < -0.39 is 28.8 Å².